The van der Waals surface area contributed by atoms with Gasteiger partial charge < -0.3 is 0 Å². The maximum Gasteiger partial charge on any atom is 0.0556 e. The van der Waals surface area contributed by atoms with Crippen LogP contribution in [0.3, 0.4) is 0 Å². The van der Waals surface area contributed by atoms with Gasteiger partial charge in [-0.2, -0.15) is 0 Å². The van der Waals surface area contributed by atoms with Crippen molar-refractivity contribution in [2.24, 2.45) is 0 Å². The van der Waals surface area contributed by atoms with E-state index in [1.54, 1.807) is 23.5 Å². The van der Waals surface area contributed by atoms with Crippen LogP contribution in [0.15, 0.2) is 56.0 Å². The van der Waals surface area contributed by atoms with Crippen molar-refractivity contribution in [3.63, 3.8) is 0 Å². The van der Waals surface area contributed by atoms with Crippen LogP contribution in [0.25, 0.3) is 0 Å². The first kappa shape index (κ1) is 10.8. The number of rotatable bonds is 0. The minimum Gasteiger partial charge on any atom is -0.0876 e. The molecule has 0 nitrogen and oxygen atoms in total. The fourth-order valence-corrected chi connectivity index (χ4v) is 4.56. The summed E-state index contributed by atoms with van der Waals surface area (Å²) in [5.41, 5.74) is 0. The highest BCUT2D eigenvalue weighted by molar-refractivity contribution is 8.05. The van der Waals surface area contributed by atoms with Crippen LogP contribution in [0.5, 0.6) is 0 Å². The molecular formula is C12H6Cl2S2. The van der Waals surface area contributed by atoms with Gasteiger partial charge in [-0.05, 0) is 24.3 Å². The normalized spacial score (nSPS) is 13.1. The van der Waals surface area contributed by atoms with Gasteiger partial charge in [-0.1, -0.05) is 58.9 Å². The fourth-order valence-electron chi connectivity index (χ4n) is 1.56. The molecule has 0 spiro atoms. The Kier molecular flexibility index (Phi) is 2.84. The molecule has 0 N–H and O–H groups in total. The number of hydrogen-bond donors (Lipinski definition) is 0. The summed E-state index contributed by atoms with van der Waals surface area (Å²) in [6.45, 7) is 0. The first-order valence-corrected chi connectivity index (χ1v) is 7.07. The Balaban J connectivity index is 2.17. The molecule has 1 heterocycles. The average molecular weight is 285 g/mol. The zero-order valence-electron chi connectivity index (χ0n) is 8.04. The molecular weight excluding hydrogens is 279 g/mol. The molecule has 0 saturated heterocycles. The minimum atomic E-state index is 0.792. The van der Waals surface area contributed by atoms with Gasteiger partial charge in [-0.3, -0.25) is 0 Å². The Hall–Kier alpha value is -0.280. The van der Waals surface area contributed by atoms with E-state index in [1.165, 1.54) is 9.79 Å². The molecule has 0 saturated carbocycles. The number of benzene rings is 2. The molecule has 16 heavy (non-hydrogen) atoms. The Morgan fingerprint density at radius 1 is 0.688 bits per heavy atom. The predicted octanol–water partition coefficient (Wildman–Crippen LogP) is 5.61. The van der Waals surface area contributed by atoms with Crippen LogP contribution in [0.1, 0.15) is 0 Å². The molecule has 0 amide bonds. The summed E-state index contributed by atoms with van der Waals surface area (Å²) in [4.78, 5) is 4.61. The fraction of sp³-hybridized carbons (Fsp3) is 0. The van der Waals surface area contributed by atoms with E-state index < -0.39 is 0 Å². The third kappa shape index (κ3) is 1.74. The van der Waals surface area contributed by atoms with Gasteiger partial charge in [-0.25, -0.2) is 0 Å². The van der Waals surface area contributed by atoms with E-state index in [-0.39, 0.29) is 0 Å². The quantitative estimate of drug-likeness (QED) is 0.526. The van der Waals surface area contributed by atoms with E-state index in [0.29, 0.717) is 0 Å². The summed E-state index contributed by atoms with van der Waals surface area (Å²) in [6, 6.07) is 11.9. The van der Waals surface area contributed by atoms with Crippen LogP contribution >= 0.6 is 46.7 Å². The van der Waals surface area contributed by atoms with Crippen molar-refractivity contribution in [2.75, 3.05) is 0 Å². The summed E-state index contributed by atoms with van der Waals surface area (Å²) in [6.07, 6.45) is 0. The van der Waals surface area contributed by atoms with Gasteiger partial charge in [-0.15, -0.1) is 0 Å². The van der Waals surface area contributed by atoms with Crippen LogP contribution in [0, 0.1) is 0 Å². The lowest BCUT2D eigenvalue weighted by molar-refractivity contribution is 1.16. The summed E-state index contributed by atoms with van der Waals surface area (Å²) in [5.74, 6) is 0. The van der Waals surface area contributed by atoms with Crippen molar-refractivity contribution in [2.45, 2.75) is 19.6 Å². The smallest absolute Gasteiger partial charge is 0.0556 e. The molecule has 0 bridgehead atoms. The topological polar surface area (TPSA) is 0 Å². The second-order valence-electron chi connectivity index (χ2n) is 3.34. The van der Waals surface area contributed by atoms with Gasteiger partial charge >= 0.3 is 0 Å². The standard InChI is InChI=1S/C12H6Cl2S2/c13-7-3-1-5-9-11(7)16-12-8(14)4-2-6-10(12)15-9/h1-6H. The van der Waals surface area contributed by atoms with Crippen molar-refractivity contribution in [1.29, 1.82) is 0 Å². The Bertz CT molecular complexity index is 517. The summed E-state index contributed by atoms with van der Waals surface area (Å²) >= 11 is 15.7. The lowest BCUT2D eigenvalue weighted by atomic mass is 10.3. The molecule has 80 valence electrons. The van der Waals surface area contributed by atoms with E-state index in [9.17, 15) is 0 Å². The predicted molar refractivity (Wildman–Crippen MR) is 71.2 cm³/mol. The third-order valence-corrected chi connectivity index (χ3v) is 5.81. The highest BCUT2D eigenvalue weighted by Crippen LogP contribution is 2.52. The largest absolute Gasteiger partial charge is 0.0876 e. The van der Waals surface area contributed by atoms with Gasteiger partial charge in [0, 0.05) is 19.6 Å². The minimum absolute atomic E-state index is 0.792. The van der Waals surface area contributed by atoms with Crippen LogP contribution < -0.4 is 0 Å². The Morgan fingerprint density at radius 2 is 1.19 bits per heavy atom. The van der Waals surface area contributed by atoms with Gasteiger partial charge in [0.1, 0.15) is 0 Å². The molecule has 2 aromatic carbocycles. The lowest BCUT2D eigenvalue weighted by Crippen LogP contribution is -1.90. The molecule has 0 radical (unpaired) electrons. The molecule has 0 aliphatic carbocycles. The van der Waals surface area contributed by atoms with Crippen LogP contribution in [-0.4, -0.2) is 0 Å². The third-order valence-electron chi connectivity index (χ3n) is 2.29. The Morgan fingerprint density at radius 3 is 1.69 bits per heavy atom. The van der Waals surface area contributed by atoms with Crippen molar-refractivity contribution in [3.05, 3.63) is 46.4 Å². The molecule has 0 atom stereocenters. The average Bonchev–Trinajstić information content (AvgIpc) is 2.28. The molecule has 2 aromatic rings. The van der Waals surface area contributed by atoms with E-state index >= 15 is 0 Å². The monoisotopic (exact) mass is 284 g/mol. The molecule has 1 aliphatic heterocycles. The first-order chi connectivity index (χ1) is 7.75. The van der Waals surface area contributed by atoms with Gasteiger partial charge in [0.05, 0.1) is 10.0 Å². The number of hydrogen-bond acceptors (Lipinski definition) is 2. The van der Waals surface area contributed by atoms with Gasteiger partial charge in [0.25, 0.3) is 0 Å². The molecule has 3 rings (SSSR count). The van der Waals surface area contributed by atoms with Crippen molar-refractivity contribution < 1.29 is 0 Å². The van der Waals surface area contributed by atoms with E-state index in [4.69, 9.17) is 23.2 Å². The molecule has 0 unspecified atom stereocenters. The van der Waals surface area contributed by atoms with Crippen LogP contribution in [0.2, 0.25) is 10.0 Å². The zero-order valence-corrected chi connectivity index (χ0v) is 11.2. The second-order valence-corrected chi connectivity index (χ2v) is 6.26. The van der Waals surface area contributed by atoms with E-state index in [2.05, 4.69) is 12.1 Å². The highest BCUT2D eigenvalue weighted by Gasteiger charge is 2.20. The van der Waals surface area contributed by atoms with Crippen molar-refractivity contribution in [1.82, 2.24) is 0 Å². The summed E-state index contributed by atoms with van der Waals surface area (Å²) < 4.78 is 0. The zero-order chi connectivity index (χ0) is 11.1. The molecule has 4 heteroatoms. The molecule has 1 aliphatic rings. The van der Waals surface area contributed by atoms with E-state index in [0.717, 1.165) is 19.8 Å². The highest BCUT2D eigenvalue weighted by atomic mass is 35.5. The maximum absolute atomic E-state index is 6.18. The SMILES string of the molecule is Clc1cccc2c1Sc1c(Cl)cccc1S2. The van der Waals surface area contributed by atoms with Gasteiger partial charge in [0.15, 0.2) is 0 Å². The molecule has 0 aromatic heterocycles. The number of halogens is 2. The summed E-state index contributed by atoms with van der Waals surface area (Å²) in [5, 5.41) is 1.58. The second kappa shape index (κ2) is 4.19. The summed E-state index contributed by atoms with van der Waals surface area (Å²) in [7, 11) is 0. The van der Waals surface area contributed by atoms with Crippen LogP contribution in [0.4, 0.5) is 0 Å². The number of fused-ring (bicyclic) bond motifs is 2. The van der Waals surface area contributed by atoms with Crippen LogP contribution in [-0.2, 0) is 0 Å². The lowest BCUT2D eigenvalue weighted by Gasteiger charge is -2.19. The van der Waals surface area contributed by atoms with Crippen molar-refractivity contribution in [3.8, 4) is 0 Å². The van der Waals surface area contributed by atoms with Gasteiger partial charge in [0.2, 0.25) is 0 Å². The first-order valence-electron chi connectivity index (χ1n) is 4.68. The van der Waals surface area contributed by atoms with Crippen molar-refractivity contribution >= 4 is 46.7 Å². The van der Waals surface area contributed by atoms with E-state index in [1.807, 2.05) is 24.3 Å². The molecule has 0 fully saturated rings. The Labute approximate surface area is 112 Å². The maximum atomic E-state index is 6.18.